The number of rotatable bonds is 6. The summed E-state index contributed by atoms with van der Waals surface area (Å²) in [5, 5.41) is 12.7. The largest absolute Gasteiger partial charge is 0.358 e. The minimum atomic E-state index is -0.211. The van der Waals surface area contributed by atoms with Crippen molar-refractivity contribution in [3.8, 4) is 22.8 Å². The molecule has 8 heteroatoms. The van der Waals surface area contributed by atoms with Crippen LogP contribution in [0.4, 0.5) is 5.82 Å². The molecule has 4 aromatic heterocycles. The van der Waals surface area contributed by atoms with Crippen LogP contribution in [0.2, 0.25) is 0 Å². The summed E-state index contributed by atoms with van der Waals surface area (Å²) in [5.41, 5.74) is 2.74. The number of nitrogens with zero attached hydrogens (tertiary/aromatic N) is 5. The number of pyridine rings is 1. The molecule has 0 aliphatic carbocycles. The van der Waals surface area contributed by atoms with E-state index in [2.05, 4.69) is 34.3 Å². The Balaban J connectivity index is 1.55. The lowest BCUT2D eigenvalue weighted by atomic mass is 10.0. The van der Waals surface area contributed by atoms with Crippen molar-refractivity contribution in [3.05, 3.63) is 71.5 Å². The number of hydrogen-bond donors (Lipinski definition) is 1. The lowest BCUT2D eigenvalue weighted by Gasteiger charge is -2.20. The van der Waals surface area contributed by atoms with Gasteiger partial charge in [0.15, 0.2) is 5.82 Å². The molecule has 1 N–H and O–H groups in total. The SMILES string of the molecule is CC(C)C(Nc1nc(-c2ccsc2)nc2ccccc12)c1nc(-c2ccncc2)no1. The van der Waals surface area contributed by atoms with Gasteiger partial charge in [0.05, 0.1) is 5.52 Å². The van der Waals surface area contributed by atoms with Gasteiger partial charge in [-0.2, -0.15) is 16.3 Å². The highest BCUT2D eigenvalue weighted by Gasteiger charge is 2.25. The summed E-state index contributed by atoms with van der Waals surface area (Å²) in [4.78, 5) is 18.3. The fourth-order valence-electron chi connectivity index (χ4n) is 3.35. The summed E-state index contributed by atoms with van der Waals surface area (Å²) >= 11 is 1.62. The molecule has 5 aromatic rings. The van der Waals surface area contributed by atoms with Crippen LogP contribution in [0, 0.1) is 5.92 Å². The monoisotopic (exact) mass is 428 g/mol. The Bertz CT molecular complexity index is 1300. The highest BCUT2D eigenvalue weighted by atomic mass is 32.1. The van der Waals surface area contributed by atoms with Crippen LogP contribution in [-0.4, -0.2) is 25.1 Å². The molecule has 0 saturated heterocycles. The Morgan fingerprint density at radius 1 is 0.903 bits per heavy atom. The second-order valence-electron chi connectivity index (χ2n) is 7.48. The van der Waals surface area contributed by atoms with Crippen LogP contribution in [0.5, 0.6) is 0 Å². The number of para-hydroxylation sites is 1. The summed E-state index contributed by atoms with van der Waals surface area (Å²) in [7, 11) is 0. The van der Waals surface area contributed by atoms with E-state index < -0.39 is 0 Å². The molecule has 0 amide bonds. The average molecular weight is 429 g/mol. The van der Waals surface area contributed by atoms with Gasteiger partial charge in [-0.05, 0) is 41.6 Å². The Morgan fingerprint density at radius 3 is 2.52 bits per heavy atom. The molecular weight excluding hydrogens is 408 g/mol. The van der Waals surface area contributed by atoms with Crippen molar-refractivity contribution in [1.29, 1.82) is 0 Å². The van der Waals surface area contributed by atoms with Crippen LogP contribution < -0.4 is 5.32 Å². The lowest BCUT2D eigenvalue weighted by Crippen LogP contribution is -2.18. The van der Waals surface area contributed by atoms with Crippen LogP contribution in [0.1, 0.15) is 25.8 Å². The van der Waals surface area contributed by atoms with Crippen molar-refractivity contribution in [3.63, 3.8) is 0 Å². The molecule has 1 aromatic carbocycles. The molecule has 1 atom stereocenters. The van der Waals surface area contributed by atoms with Gasteiger partial charge in [-0.25, -0.2) is 9.97 Å². The minimum absolute atomic E-state index is 0.184. The third kappa shape index (κ3) is 3.89. The maximum Gasteiger partial charge on any atom is 0.249 e. The van der Waals surface area contributed by atoms with Gasteiger partial charge < -0.3 is 9.84 Å². The standard InChI is InChI=1S/C23H20N6OS/c1-14(2)19(23-28-21(29-30-23)15-7-10-24-11-8-15)26-22-17-5-3-4-6-18(17)25-20(27-22)16-9-12-31-13-16/h3-14,19H,1-2H3,(H,25,26,27). The number of hydrogen-bond acceptors (Lipinski definition) is 8. The van der Waals surface area contributed by atoms with Crippen LogP contribution in [-0.2, 0) is 0 Å². The quantitative estimate of drug-likeness (QED) is 0.376. The predicted octanol–water partition coefficient (Wildman–Crippen LogP) is 5.61. The normalized spacial score (nSPS) is 12.4. The number of benzene rings is 1. The smallest absolute Gasteiger partial charge is 0.249 e. The maximum atomic E-state index is 5.64. The van der Waals surface area contributed by atoms with E-state index in [0.29, 0.717) is 17.5 Å². The Morgan fingerprint density at radius 2 is 1.74 bits per heavy atom. The van der Waals surface area contributed by atoms with E-state index in [1.165, 1.54) is 0 Å². The van der Waals surface area contributed by atoms with E-state index in [4.69, 9.17) is 14.5 Å². The van der Waals surface area contributed by atoms with Crippen LogP contribution in [0.15, 0.2) is 70.1 Å². The van der Waals surface area contributed by atoms with Gasteiger partial charge in [-0.1, -0.05) is 31.1 Å². The molecule has 4 heterocycles. The van der Waals surface area contributed by atoms with E-state index in [0.717, 1.165) is 27.8 Å². The number of fused-ring (bicyclic) bond motifs is 1. The van der Waals surface area contributed by atoms with Crippen molar-refractivity contribution in [2.24, 2.45) is 5.92 Å². The van der Waals surface area contributed by atoms with E-state index in [1.807, 2.05) is 53.2 Å². The van der Waals surface area contributed by atoms with Crippen molar-refractivity contribution in [2.75, 3.05) is 5.32 Å². The molecule has 5 rings (SSSR count). The zero-order chi connectivity index (χ0) is 21.2. The second-order valence-corrected chi connectivity index (χ2v) is 8.26. The van der Waals surface area contributed by atoms with Gasteiger partial charge in [0.2, 0.25) is 11.7 Å². The van der Waals surface area contributed by atoms with Gasteiger partial charge in [-0.3, -0.25) is 4.98 Å². The Kier molecular flexibility index (Phi) is 5.13. The van der Waals surface area contributed by atoms with Gasteiger partial charge in [0, 0.05) is 34.3 Å². The molecule has 0 saturated carbocycles. The van der Waals surface area contributed by atoms with Crippen molar-refractivity contribution >= 4 is 28.1 Å². The third-order valence-electron chi connectivity index (χ3n) is 4.99. The van der Waals surface area contributed by atoms with Crippen molar-refractivity contribution in [1.82, 2.24) is 25.1 Å². The third-order valence-corrected chi connectivity index (χ3v) is 5.67. The topological polar surface area (TPSA) is 89.6 Å². The predicted molar refractivity (Wildman–Crippen MR) is 122 cm³/mol. The zero-order valence-electron chi connectivity index (χ0n) is 17.1. The van der Waals surface area contributed by atoms with Crippen molar-refractivity contribution in [2.45, 2.75) is 19.9 Å². The zero-order valence-corrected chi connectivity index (χ0v) is 17.9. The number of thiophene rings is 1. The molecule has 0 bridgehead atoms. The Hall–Kier alpha value is -3.65. The summed E-state index contributed by atoms with van der Waals surface area (Å²) < 4.78 is 5.64. The molecule has 0 aliphatic heterocycles. The summed E-state index contributed by atoms with van der Waals surface area (Å²) in [5.74, 6) is 2.67. The molecule has 0 spiro atoms. The molecule has 154 valence electrons. The summed E-state index contributed by atoms with van der Waals surface area (Å²) in [6.45, 7) is 4.22. The summed E-state index contributed by atoms with van der Waals surface area (Å²) in [6, 6.07) is 13.5. The van der Waals surface area contributed by atoms with E-state index in [-0.39, 0.29) is 12.0 Å². The number of aromatic nitrogens is 5. The fourth-order valence-corrected chi connectivity index (χ4v) is 3.98. The van der Waals surface area contributed by atoms with Gasteiger partial charge in [0.25, 0.3) is 0 Å². The number of nitrogens with one attached hydrogen (secondary N) is 1. The minimum Gasteiger partial charge on any atom is -0.358 e. The first kappa shape index (κ1) is 19.3. The van der Waals surface area contributed by atoms with Crippen LogP contribution >= 0.6 is 11.3 Å². The molecule has 0 fully saturated rings. The van der Waals surface area contributed by atoms with E-state index in [1.54, 1.807) is 23.7 Å². The Labute approximate surface area is 183 Å². The van der Waals surface area contributed by atoms with Crippen LogP contribution in [0.25, 0.3) is 33.7 Å². The molecular formula is C23H20N6OS. The first-order valence-corrected chi connectivity index (χ1v) is 10.9. The fraction of sp³-hybridized carbons (Fsp3) is 0.174. The second kappa shape index (κ2) is 8.23. The average Bonchev–Trinajstić information content (AvgIpc) is 3.50. The summed E-state index contributed by atoms with van der Waals surface area (Å²) in [6.07, 6.45) is 3.42. The van der Waals surface area contributed by atoms with Crippen LogP contribution in [0.3, 0.4) is 0 Å². The molecule has 0 radical (unpaired) electrons. The highest BCUT2D eigenvalue weighted by molar-refractivity contribution is 7.08. The highest BCUT2D eigenvalue weighted by Crippen LogP contribution is 2.31. The van der Waals surface area contributed by atoms with Gasteiger partial charge in [-0.15, -0.1) is 0 Å². The van der Waals surface area contributed by atoms with Crippen molar-refractivity contribution < 1.29 is 4.52 Å². The first-order chi connectivity index (χ1) is 15.2. The van der Waals surface area contributed by atoms with E-state index >= 15 is 0 Å². The van der Waals surface area contributed by atoms with Gasteiger partial charge in [0.1, 0.15) is 11.9 Å². The molecule has 7 nitrogen and oxygen atoms in total. The lowest BCUT2D eigenvalue weighted by molar-refractivity contribution is 0.336. The first-order valence-electron chi connectivity index (χ1n) is 9.99. The molecule has 31 heavy (non-hydrogen) atoms. The maximum absolute atomic E-state index is 5.64. The van der Waals surface area contributed by atoms with E-state index in [9.17, 15) is 0 Å². The molecule has 1 unspecified atom stereocenters. The molecule has 0 aliphatic rings. The number of anilines is 1. The van der Waals surface area contributed by atoms with Gasteiger partial charge >= 0.3 is 0 Å².